The quantitative estimate of drug-likeness (QED) is 0.750. The van der Waals surface area contributed by atoms with E-state index in [-0.39, 0.29) is 12.3 Å². The molecule has 0 bridgehead atoms. The Morgan fingerprint density at radius 3 is 2.40 bits per heavy atom. The van der Waals surface area contributed by atoms with Crippen LogP contribution in [0.4, 0.5) is 0 Å². The van der Waals surface area contributed by atoms with Crippen LogP contribution >= 0.6 is 0 Å². The number of carboxylic acid groups (broad SMARTS) is 1. The molecule has 5 heteroatoms. The third kappa shape index (κ3) is 4.35. The first-order chi connectivity index (χ1) is 9.36. The summed E-state index contributed by atoms with van der Waals surface area (Å²) < 4.78 is 0. The summed E-state index contributed by atoms with van der Waals surface area (Å²) in [5.74, 6) is -1.20. The standard InChI is InChI=1S/C15H21NO4/c1-11(2)10-20-16-13(17)9-15(3,14(18)19)12-7-5-4-6-8-12/h4-8,11H,9-10H2,1-3H3,(H,16,17)(H,18,19). The number of benzene rings is 1. The summed E-state index contributed by atoms with van der Waals surface area (Å²) in [5.41, 5.74) is 1.61. The van der Waals surface area contributed by atoms with Crippen LogP contribution in [0.25, 0.3) is 0 Å². The highest BCUT2D eigenvalue weighted by Crippen LogP contribution is 2.27. The molecule has 1 unspecified atom stereocenters. The fourth-order valence-corrected chi connectivity index (χ4v) is 1.75. The van der Waals surface area contributed by atoms with E-state index >= 15 is 0 Å². The Bertz CT molecular complexity index is 458. The summed E-state index contributed by atoms with van der Waals surface area (Å²) in [4.78, 5) is 28.4. The van der Waals surface area contributed by atoms with Gasteiger partial charge in [0, 0.05) is 6.42 Å². The average Bonchev–Trinajstić information content (AvgIpc) is 2.38. The van der Waals surface area contributed by atoms with Crippen molar-refractivity contribution in [3.05, 3.63) is 35.9 Å². The Morgan fingerprint density at radius 1 is 1.30 bits per heavy atom. The summed E-state index contributed by atoms with van der Waals surface area (Å²) in [5, 5.41) is 9.43. The van der Waals surface area contributed by atoms with Gasteiger partial charge in [0.15, 0.2) is 0 Å². The van der Waals surface area contributed by atoms with Crippen LogP contribution in [-0.2, 0) is 19.8 Å². The lowest BCUT2D eigenvalue weighted by Crippen LogP contribution is -2.39. The van der Waals surface area contributed by atoms with E-state index in [1.165, 1.54) is 6.92 Å². The van der Waals surface area contributed by atoms with Gasteiger partial charge in [0.1, 0.15) is 0 Å². The van der Waals surface area contributed by atoms with Crippen molar-refractivity contribution in [1.29, 1.82) is 0 Å². The summed E-state index contributed by atoms with van der Waals surface area (Å²) in [6, 6.07) is 8.72. The first kappa shape index (κ1) is 16.2. The number of aliphatic carboxylic acids is 1. The smallest absolute Gasteiger partial charge is 0.314 e. The van der Waals surface area contributed by atoms with Crippen molar-refractivity contribution in [1.82, 2.24) is 5.48 Å². The molecule has 0 heterocycles. The molecule has 0 aliphatic carbocycles. The number of hydroxylamine groups is 1. The van der Waals surface area contributed by atoms with Crippen LogP contribution < -0.4 is 5.48 Å². The van der Waals surface area contributed by atoms with Gasteiger partial charge in [0.05, 0.1) is 12.0 Å². The zero-order valence-electron chi connectivity index (χ0n) is 12.1. The Kier molecular flexibility index (Phi) is 5.70. The summed E-state index contributed by atoms with van der Waals surface area (Å²) in [6.45, 7) is 5.84. The van der Waals surface area contributed by atoms with Gasteiger partial charge in [-0.25, -0.2) is 5.48 Å². The highest BCUT2D eigenvalue weighted by molar-refractivity contribution is 5.88. The van der Waals surface area contributed by atoms with Gasteiger partial charge in [-0.15, -0.1) is 0 Å². The number of amides is 1. The van der Waals surface area contributed by atoms with Crippen LogP contribution in [0.15, 0.2) is 30.3 Å². The lowest BCUT2D eigenvalue weighted by atomic mass is 9.79. The van der Waals surface area contributed by atoms with Gasteiger partial charge in [-0.05, 0) is 18.4 Å². The lowest BCUT2D eigenvalue weighted by Gasteiger charge is -2.24. The minimum absolute atomic E-state index is 0.176. The molecular formula is C15H21NO4. The molecule has 1 aromatic rings. The molecule has 0 radical (unpaired) electrons. The molecular weight excluding hydrogens is 258 g/mol. The van der Waals surface area contributed by atoms with E-state index in [9.17, 15) is 14.7 Å². The number of carbonyl (C=O) groups is 2. The zero-order chi connectivity index (χ0) is 15.2. The topological polar surface area (TPSA) is 75.6 Å². The predicted molar refractivity (Wildman–Crippen MR) is 75.0 cm³/mol. The van der Waals surface area contributed by atoms with Crippen molar-refractivity contribution < 1.29 is 19.5 Å². The zero-order valence-corrected chi connectivity index (χ0v) is 12.1. The molecule has 1 rings (SSSR count). The largest absolute Gasteiger partial charge is 0.481 e. The van der Waals surface area contributed by atoms with Gasteiger partial charge in [-0.1, -0.05) is 44.2 Å². The van der Waals surface area contributed by atoms with E-state index in [1.807, 2.05) is 13.8 Å². The number of nitrogens with one attached hydrogen (secondary N) is 1. The minimum atomic E-state index is -1.27. The van der Waals surface area contributed by atoms with Crippen molar-refractivity contribution in [2.24, 2.45) is 5.92 Å². The molecule has 0 saturated heterocycles. The predicted octanol–water partition coefficient (Wildman–Crippen LogP) is 2.12. The van der Waals surface area contributed by atoms with Crippen molar-refractivity contribution in [2.75, 3.05) is 6.61 Å². The maximum Gasteiger partial charge on any atom is 0.314 e. The monoisotopic (exact) mass is 279 g/mol. The van der Waals surface area contributed by atoms with Gasteiger partial charge in [0.2, 0.25) is 5.91 Å². The molecule has 2 N–H and O–H groups in total. The number of hydrogen-bond donors (Lipinski definition) is 2. The van der Waals surface area contributed by atoms with Crippen molar-refractivity contribution >= 4 is 11.9 Å². The first-order valence-corrected chi connectivity index (χ1v) is 6.56. The average molecular weight is 279 g/mol. The van der Waals surface area contributed by atoms with E-state index < -0.39 is 17.3 Å². The van der Waals surface area contributed by atoms with Crippen molar-refractivity contribution in [3.8, 4) is 0 Å². The van der Waals surface area contributed by atoms with Gasteiger partial charge in [0.25, 0.3) is 0 Å². The molecule has 20 heavy (non-hydrogen) atoms. The maximum absolute atomic E-state index is 11.8. The fraction of sp³-hybridized carbons (Fsp3) is 0.467. The SMILES string of the molecule is CC(C)CONC(=O)CC(C)(C(=O)O)c1ccccc1. The Morgan fingerprint density at radius 2 is 1.90 bits per heavy atom. The molecule has 5 nitrogen and oxygen atoms in total. The van der Waals surface area contributed by atoms with E-state index in [4.69, 9.17) is 4.84 Å². The minimum Gasteiger partial charge on any atom is -0.481 e. The van der Waals surface area contributed by atoms with Crippen LogP contribution in [0.2, 0.25) is 0 Å². The van der Waals surface area contributed by atoms with E-state index in [2.05, 4.69) is 5.48 Å². The maximum atomic E-state index is 11.8. The Balaban J connectivity index is 2.73. The van der Waals surface area contributed by atoms with Crippen LogP contribution in [0.1, 0.15) is 32.8 Å². The number of carboxylic acids is 1. The van der Waals surface area contributed by atoms with Gasteiger partial charge >= 0.3 is 5.97 Å². The van der Waals surface area contributed by atoms with Crippen LogP contribution in [-0.4, -0.2) is 23.6 Å². The molecule has 0 spiro atoms. The fourth-order valence-electron chi connectivity index (χ4n) is 1.75. The highest BCUT2D eigenvalue weighted by atomic mass is 16.6. The molecule has 1 atom stereocenters. The van der Waals surface area contributed by atoms with Gasteiger partial charge < -0.3 is 5.11 Å². The summed E-state index contributed by atoms with van der Waals surface area (Å²) >= 11 is 0. The van der Waals surface area contributed by atoms with E-state index in [0.29, 0.717) is 12.2 Å². The molecule has 0 aliphatic rings. The van der Waals surface area contributed by atoms with Crippen LogP contribution in [0.3, 0.4) is 0 Å². The van der Waals surface area contributed by atoms with E-state index in [0.717, 1.165) is 0 Å². The second-order valence-electron chi connectivity index (χ2n) is 5.41. The molecule has 0 saturated carbocycles. The lowest BCUT2D eigenvalue weighted by molar-refractivity contribution is -0.148. The summed E-state index contributed by atoms with van der Waals surface area (Å²) in [6.07, 6.45) is -0.176. The van der Waals surface area contributed by atoms with Gasteiger partial charge in [-0.3, -0.25) is 14.4 Å². The van der Waals surface area contributed by atoms with Crippen LogP contribution in [0, 0.1) is 5.92 Å². The molecule has 0 aliphatic heterocycles. The Labute approximate surface area is 118 Å². The number of rotatable bonds is 7. The Hall–Kier alpha value is -1.88. The molecule has 1 aromatic carbocycles. The molecule has 0 fully saturated rings. The summed E-state index contributed by atoms with van der Waals surface area (Å²) in [7, 11) is 0. The number of carbonyl (C=O) groups excluding carboxylic acids is 1. The van der Waals surface area contributed by atoms with Crippen molar-refractivity contribution in [2.45, 2.75) is 32.6 Å². The second kappa shape index (κ2) is 7.05. The van der Waals surface area contributed by atoms with Gasteiger partial charge in [-0.2, -0.15) is 0 Å². The molecule has 0 aromatic heterocycles. The van der Waals surface area contributed by atoms with Crippen LogP contribution in [0.5, 0.6) is 0 Å². The molecule has 110 valence electrons. The van der Waals surface area contributed by atoms with Crippen molar-refractivity contribution in [3.63, 3.8) is 0 Å². The number of hydrogen-bond acceptors (Lipinski definition) is 3. The molecule has 1 amide bonds. The third-order valence-corrected chi connectivity index (χ3v) is 3.00. The highest BCUT2D eigenvalue weighted by Gasteiger charge is 2.37. The second-order valence-corrected chi connectivity index (χ2v) is 5.41. The third-order valence-electron chi connectivity index (χ3n) is 3.00. The van der Waals surface area contributed by atoms with E-state index in [1.54, 1.807) is 30.3 Å². The first-order valence-electron chi connectivity index (χ1n) is 6.56. The normalized spacial score (nSPS) is 13.8.